The van der Waals surface area contributed by atoms with Crippen LogP contribution in [0.3, 0.4) is 0 Å². The number of nitriles is 1. The van der Waals surface area contributed by atoms with E-state index in [1.807, 2.05) is 6.07 Å². The molecule has 3 rings (SSSR count). The Hall–Kier alpha value is -2.90. The van der Waals surface area contributed by atoms with E-state index in [9.17, 15) is 26.4 Å². The van der Waals surface area contributed by atoms with Gasteiger partial charge in [-0.05, 0) is 42.7 Å². The lowest BCUT2D eigenvalue weighted by molar-refractivity contribution is -0.151. The van der Waals surface area contributed by atoms with Crippen molar-refractivity contribution in [3.8, 4) is 6.07 Å². The molecule has 1 fully saturated rings. The lowest BCUT2D eigenvalue weighted by Gasteiger charge is -2.30. The zero-order valence-corrected chi connectivity index (χ0v) is 17.1. The Morgan fingerprint density at radius 3 is 2.45 bits per heavy atom. The van der Waals surface area contributed by atoms with Gasteiger partial charge in [0.25, 0.3) is 0 Å². The van der Waals surface area contributed by atoms with E-state index in [0.29, 0.717) is 11.1 Å². The molecule has 0 spiro atoms. The minimum atomic E-state index is -4.80. The average molecular weight is 452 g/mol. The van der Waals surface area contributed by atoms with Crippen LogP contribution in [0.4, 0.5) is 13.2 Å². The van der Waals surface area contributed by atoms with E-state index >= 15 is 0 Å². The molecule has 0 aliphatic carbocycles. The predicted octanol–water partition coefficient (Wildman–Crippen LogP) is 3.72. The van der Waals surface area contributed by atoms with E-state index in [-0.39, 0.29) is 32.5 Å². The predicted molar refractivity (Wildman–Crippen MR) is 104 cm³/mol. The highest BCUT2D eigenvalue weighted by Crippen LogP contribution is 2.36. The lowest BCUT2D eigenvalue weighted by Crippen LogP contribution is -2.41. The smallest absolute Gasteiger partial charge is 0.417 e. The Morgan fingerprint density at radius 2 is 1.81 bits per heavy atom. The highest BCUT2D eigenvalue weighted by atomic mass is 32.2. The molecule has 31 heavy (non-hydrogen) atoms. The van der Waals surface area contributed by atoms with Gasteiger partial charge in [0.05, 0.1) is 28.0 Å². The van der Waals surface area contributed by atoms with Gasteiger partial charge in [-0.2, -0.15) is 22.7 Å². The van der Waals surface area contributed by atoms with Crippen molar-refractivity contribution in [3.05, 3.63) is 65.2 Å². The number of piperidine rings is 1. The topological polar surface area (TPSA) is 87.5 Å². The van der Waals surface area contributed by atoms with Gasteiger partial charge in [0.2, 0.25) is 10.0 Å². The summed E-state index contributed by atoms with van der Waals surface area (Å²) in [6, 6.07) is 12.6. The summed E-state index contributed by atoms with van der Waals surface area (Å²) < 4.78 is 71.5. The second kappa shape index (κ2) is 9.08. The maximum Gasteiger partial charge on any atom is 0.417 e. The Morgan fingerprint density at radius 1 is 1.13 bits per heavy atom. The van der Waals surface area contributed by atoms with Crippen molar-refractivity contribution in [1.29, 1.82) is 5.26 Å². The van der Waals surface area contributed by atoms with Gasteiger partial charge in [-0.15, -0.1) is 0 Å². The molecule has 0 radical (unpaired) electrons. The van der Waals surface area contributed by atoms with Crippen LogP contribution in [0.5, 0.6) is 0 Å². The van der Waals surface area contributed by atoms with E-state index in [1.165, 1.54) is 6.07 Å². The maximum absolute atomic E-state index is 13.2. The van der Waals surface area contributed by atoms with Crippen molar-refractivity contribution in [2.75, 3.05) is 13.1 Å². The zero-order chi connectivity index (χ0) is 22.6. The van der Waals surface area contributed by atoms with E-state index in [0.717, 1.165) is 22.5 Å². The quantitative estimate of drug-likeness (QED) is 0.646. The van der Waals surface area contributed by atoms with E-state index in [2.05, 4.69) is 0 Å². The van der Waals surface area contributed by atoms with Crippen LogP contribution in [0, 0.1) is 17.2 Å². The van der Waals surface area contributed by atoms with Crippen LogP contribution in [0.25, 0.3) is 0 Å². The van der Waals surface area contributed by atoms with Crippen LogP contribution in [0.15, 0.2) is 53.4 Å². The molecule has 0 aromatic heterocycles. The molecule has 164 valence electrons. The molecule has 0 bridgehead atoms. The minimum Gasteiger partial charge on any atom is -0.461 e. The number of esters is 1. The highest BCUT2D eigenvalue weighted by molar-refractivity contribution is 7.89. The molecule has 2 aromatic carbocycles. The molecule has 6 nitrogen and oxygen atoms in total. The van der Waals surface area contributed by atoms with Gasteiger partial charge in [-0.25, -0.2) is 8.42 Å². The normalized spacial score (nSPS) is 15.9. The summed E-state index contributed by atoms with van der Waals surface area (Å²) in [6.07, 6.45) is -4.51. The van der Waals surface area contributed by atoms with Crippen LogP contribution < -0.4 is 0 Å². The standard InChI is InChI=1S/C21H19F3N2O4S/c22-21(23,24)18-6-1-2-7-19(18)31(28,29)26-10-8-17(9-11-26)20(27)30-14-16-5-3-4-15(12-16)13-25/h1-7,12,17H,8-11,14H2. The van der Waals surface area contributed by atoms with Gasteiger partial charge in [0, 0.05) is 13.1 Å². The summed E-state index contributed by atoms with van der Waals surface area (Å²) in [5.41, 5.74) is -0.126. The summed E-state index contributed by atoms with van der Waals surface area (Å²) in [4.78, 5) is 11.5. The summed E-state index contributed by atoms with van der Waals surface area (Å²) in [6.45, 7) is -0.192. The van der Waals surface area contributed by atoms with Gasteiger partial charge in [-0.1, -0.05) is 24.3 Å². The fourth-order valence-corrected chi connectivity index (χ4v) is 5.08. The van der Waals surface area contributed by atoms with Crippen molar-refractivity contribution in [2.45, 2.75) is 30.5 Å². The van der Waals surface area contributed by atoms with Crippen LogP contribution in [-0.4, -0.2) is 31.8 Å². The molecule has 0 amide bonds. The Labute approximate surface area is 177 Å². The Bertz CT molecular complexity index is 1100. The summed E-state index contributed by atoms with van der Waals surface area (Å²) >= 11 is 0. The summed E-state index contributed by atoms with van der Waals surface area (Å²) in [5, 5.41) is 8.90. The van der Waals surface area contributed by atoms with Crippen LogP contribution in [0.2, 0.25) is 0 Å². The van der Waals surface area contributed by atoms with Crippen molar-refractivity contribution >= 4 is 16.0 Å². The van der Waals surface area contributed by atoms with Crippen molar-refractivity contribution < 1.29 is 31.1 Å². The molecule has 0 unspecified atom stereocenters. The second-order valence-corrected chi connectivity index (χ2v) is 9.00. The first kappa shape index (κ1) is 22.8. The first-order chi connectivity index (χ1) is 14.6. The van der Waals surface area contributed by atoms with E-state index in [1.54, 1.807) is 24.3 Å². The number of benzene rings is 2. The summed E-state index contributed by atoms with van der Waals surface area (Å²) in [5.74, 6) is -1.06. The number of sulfonamides is 1. The van der Waals surface area contributed by atoms with Crippen LogP contribution >= 0.6 is 0 Å². The SMILES string of the molecule is N#Cc1cccc(COC(=O)C2CCN(S(=O)(=O)c3ccccc3C(F)(F)F)CC2)c1. The number of nitrogens with zero attached hydrogens (tertiary/aromatic N) is 2. The third-order valence-electron chi connectivity index (χ3n) is 5.03. The molecule has 1 aliphatic rings. The van der Waals surface area contributed by atoms with Gasteiger partial charge < -0.3 is 4.74 Å². The molecule has 0 N–H and O–H groups in total. The molecule has 0 atom stereocenters. The molecule has 0 saturated carbocycles. The zero-order valence-electron chi connectivity index (χ0n) is 16.3. The van der Waals surface area contributed by atoms with Gasteiger partial charge in [-0.3, -0.25) is 4.79 Å². The molecule has 1 aliphatic heterocycles. The number of carbonyl (C=O) groups excluding carboxylic acids is 1. The van der Waals surface area contributed by atoms with E-state index < -0.39 is 38.5 Å². The lowest BCUT2D eigenvalue weighted by atomic mass is 9.98. The monoisotopic (exact) mass is 452 g/mol. The fraction of sp³-hybridized carbons (Fsp3) is 0.333. The molecule has 1 heterocycles. The summed E-state index contributed by atoms with van der Waals surface area (Å²) in [7, 11) is -4.36. The third-order valence-corrected chi connectivity index (χ3v) is 6.99. The van der Waals surface area contributed by atoms with Crippen molar-refractivity contribution in [2.24, 2.45) is 5.92 Å². The maximum atomic E-state index is 13.2. The second-order valence-electron chi connectivity index (χ2n) is 7.09. The molecular formula is C21H19F3N2O4S. The first-order valence-corrected chi connectivity index (χ1v) is 10.9. The van der Waals surface area contributed by atoms with Crippen LogP contribution in [0.1, 0.15) is 29.5 Å². The number of hydrogen-bond donors (Lipinski definition) is 0. The highest BCUT2D eigenvalue weighted by Gasteiger charge is 2.40. The minimum absolute atomic E-state index is 0.0220. The Balaban J connectivity index is 1.63. The number of rotatable bonds is 5. The number of halogens is 3. The number of carbonyl (C=O) groups is 1. The fourth-order valence-electron chi connectivity index (χ4n) is 3.40. The Kier molecular flexibility index (Phi) is 6.67. The van der Waals surface area contributed by atoms with Crippen molar-refractivity contribution in [1.82, 2.24) is 4.31 Å². The largest absolute Gasteiger partial charge is 0.461 e. The van der Waals surface area contributed by atoms with Gasteiger partial charge >= 0.3 is 12.1 Å². The number of hydrogen-bond acceptors (Lipinski definition) is 5. The molecule has 10 heteroatoms. The number of ether oxygens (including phenoxy) is 1. The van der Waals surface area contributed by atoms with Crippen LogP contribution in [-0.2, 0) is 32.3 Å². The van der Waals surface area contributed by atoms with Crippen molar-refractivity contribution in [3.63, 3.8) is 0 Å². The van der Waals surface area contributed by atoms with Gasteiger partial charge in [0.1, 0.15) is 6.61 Å². The molecular weight excluding hydrogens is 433 g/mol. The third kappa shape index (κ3) is 5.24. The molecule has 2 aromatic rings. The number of alkyl halides is 3. The molecule has 1 saturated heterocycles. The van der Waals surface area contributed by atoms with Gasteiger partial charge in [0.15, 0.2) is 0 Å². The van der Waals surface area contributed by atoms with E-state index in [4.69, 9.17) is 10.00 Å². The average Bonchev–Trinajstić information content (AvgIpc) is 2.77. The first-order valence-electron chi connectivity index (χ1n) is 9.45.